The number of thiophene rings is 1. The van der Waals surface area contributed by atoms with E-state index in [1.54, 1.807) is 6.07 Å². The number of pyridine rings is 1. The number of carbonyl (C=O) groups excluding carboxylic acids is 3. The highest BCUT2D eigenvalue weighted by molar-refractivity contribution is 7.13. The van der Waals surface area contributed by atoms with E-state index >= 15 is 0 Å². The van der Waals surface area contributed by atoms with Gasteiger partial charge in [-0.1, -0.05) is 24.3 Å². The van der Waals surface area contributed by atoms with Gasteiger partial charge in [-0.15, -0.1) is 11.3 Å². The molecule has 3 heterocycles. The summed E-state index contributed by atoms with van der Waals surface area (Å²) in [7, 11) is 0. The molecule has 1 fully saturated rings. The van der Waals surface area contributed by atoms with Gasteiger partial charge >= 0.3 is 0 Å². The lowest BCUT2D eigenvalue weighted by Crippen LogP contribution is -2.49. The summed E-state index contributed by atoms with van der Waals surface area (Å²) < 4.78 is 0. The lowest BCUT2D eigenvalue weighted by Gasteiger charge is -2.13. The van der Waals surface area contributed by atoms with E-state index in [4.69, 9.17) is 0 Å². The predicted octanol–water partition coefficient (Wildman–Crippen LogP) is 2.00. The number of amides is 3. The summed E-state index contributed by atoms with van der Waals surface area (Å²) in [6.45, 7) is 0. The molecular formula is C19H16N4O3S. The van der Waals surface area contributed by atoms with E-state index in [2.05, 4.69) is 21.2 Å². The molecule has 7 nitrogen and oxygen atoms in total. The molecule has 1 aliphatic heterocycles. The van der Waals surface area contributed by atoms with Gasteiger partial charge in [-0.05, 0) is 30.0 Å². The van der Waals surface area contributed by atoms with Crippen molar-refractivity contribution in [2.75, 3.05) is 0 Å². The minimum Gasteiger partial charge on any atom is -0.344 e. The van der Waals surface area contributed by atoms with Crippen LogP contribution in [-0.2, 0) is 9.59 Å². The van der Waals surface area contributed by atoms with Crippen LogP contribution >= 0.6 is 11.3 Å². The fourth-order valence-electron chi connectivity index (χ4n) is 3.00. The van der Waals surface area contributed by atoms with Gasteiger partial charge in [-0.2, -0.15) is 0 Å². The average molecular weight is 380 g/mol. The van der Waals surface area contributed by atoms with Crippen LogP contribution in [0.15, 0.2) is 47.8 Å². The first-order chi connectivity index (χ1) is 13.1. The summed E-state index contributed by atoms with van der Waals surface area (Å²) in [6.07, 6.45) is 0.729. The first kappa shape index (κ1) is 17.2. The van der Waals surface area contributed by atoms with E-state index < -0.39 is 17.9 Å². The molecule has 27 heavy (non-hydrogen) atoms. The first-order valence-electron chi connectivity index (χ1n) is 8.45. The van der Waals surface area contributed by atoms with Gasteiger partial charge in [0.2, 0.25) is 5.91 Å². The zero-order valence-corrected chi connectivity index (χ0v) is 15.0. The molecule has 4 rings (SSSR count). The summed E-state index contributed by atoms with van der Waals surface area (Å²) in [5.74, 6) is -1.04. The van der Waals surface area contributed by atoms with Crippen molar-refractivity contribution < 1.29 is 14.4 Å². The quantitative estimate of drug-likeness (QED) is 0.605. The van der Waals surface area contributed by atoms with Gasteiger partial charge in [0, 0.05) is 11.8 Å². The SMILES string of the molecule is O=C1CC[C@H](C(=O)NNC(=O)c2cc(-c3cccs3)nc3ccccc23)N1. The Morgan fingerprint density at radius 2 is 2.00 bits per heavy atom. The summed E-state index contributed by atoms with van der Waals surface area (Å²) >= 11 is 1.54. The number of hydrazine groups is 1. The van der Waals surface area contributed by atoms with Crippen LogP contribution in [0.2, 0.25) is 0 Å². The van der Waals surface area contributed by atoms with E-state index in [-0.39, 0.29) is 5.91 Å². The van der Waals surface area contributed by atoms with E-state index in [9.17, 15) is 14.4 Å². The van der Waals surface area contributed by atoms with Crippen LogP contribution in [0.3, 0.4) is 0 Å². The number of benzene rings is 1. The zero-order valence-electron chi connectivity index (χ0n) is 14.2. The highest BCUT2D eigenvalue weighted by Crippen LogP contribution is 2.27. The standard InChI is InChI=1S/C19H16N4O3S/c24-17-8-7-14(21-17)19(26)23-22-18(25)12-10-15(16-6-3-9-27-16)20-13-5-2-1-4-11(12)13/h1-6,9-10,14H,7-8H2,(H,21,24)(H,22,25)(H,23,26)/t14-/m1/s1. The normalized spacial score (nSPS) is 16.1. The van der Waals surface area contributed by atoms with Gasteiger partial charge in [-0.3, -0.25) is 25.2 Å². The molecule has 0 radical (unpaired) electrons. The predicted molar refractivity (Wildman–Crippen MR) is 102 cm³/mol. The third-order valence-corrected chi connectivity index (χ3v) is 5.24. The molecule has 8 heteroatoms. The number of aromatic nitrogens is 1. The zero-order chi connectivity index (χ0) is 18.8. The highest BCUT2D eigenvalue weighted by Gasteiger charge is 2.27. The molecule has 3 amide bonds. The van der Waals surface area contributed by atoms with Gasteiger partial charge < -0.3 is 5.32 Å². The van der Waals surface area contributed by atoms with Crippen LogP contribution in [0, 0.1) is 0 Å². The third-order valence-electron chi connectivity index (χ3n) is 4.35. The van der Waals surface area contributed by atoms with Gasteiger partial charge in [0.25, 0.3) is 11.8 Å². The number of fused-ring (bicyclic) bond motifs is 1. The summed E-state index contributed by atoms with van der Waals surface area (Å²) in [4.78, 5) is 41.6. The Morgan fingerprint density at radius 1 is 1.15 bits per heavy atom. The van der Waals surface area contributed by atoms with Crippen LogP contribution < -0.4 is 16.2 Å². The molecule has 1 aromatic carbocycles. The van der Waals surface area contributed by atoms with Crippen molar-refractivity contribution in [3.8, 4) is 10.6 Å². The fourth-order valence-corrected chi connectivity index (χ4v) is 3.68. The number of nitrogens with zero attached hydrogens (tertiary/aromatic N) is 1. The van der Waals surface area contributed by atoms with Crippen molar-refractivity contribution >= 4 is 40.0 Å². The van der Waals surface area contributed by atoms with Gasteiger partial charge in [0.15, 0.2) is 0 Å². The van der Waals surface area contributed by atoms with Crippen molar-refractivity contribution in [1.82, 2.24) is 21.2 Å². The van der Waals surface area contributed by atoms with Gasteiger partial charge in [0.05, 0.1) is 21.7 Å². The van der Waals surface area contributed by atoms with Crippen LogP contribution in [0.4, 0.5) is 0 Å². The molecule has 2 aromatic heterocycles. The molecular weight excluding hydrogens is 364 g/mol. The molecule has 1 saturated heterocycles. The van der Waals surface area contributed by atoms with Crippen molar-refractivity contribution in [2.24, 2.45) is 0 Å². The van der Waals surface area contributed by atoms with E-state index in [0.29, 0.717) is 35.0 Å². The largest absolute Gasteiger partial charge is 0.344 e. The molecule has 0 bridgehead atoms. The Bertz CT molecular complexity index is 1030. The number of carbonyl (C=O) groups is 3. The highest BCUT2D eigenvalue weighted by atomic mass is 32.1. The lowest BCUT2D eigenvalue weighted by molar-refractivity contribution is -0.126. The summed E-state index contributed by atoms with van der Waals surface area (Å²) in [5, 5.41) is 5.20. The monoisotopic (exact) mass is 380 g/mol. The Hall–Kier alpha value is -3.26. The molecule has 0 aliphatic carbocycles. The third kappa shape index (κ3) is 3.52. The summed E-state index contributed by atoms with van der Waals surface area (Å²) in [6, 6.07) is 12.3. The Balaban J connectivity index is 1.59. The van der Waals surface area contributed by atoms with Crippen molar-refractivity contribution in [1.29, 1.82) is 0 Å². The fraction of sp³-hybridized carbons (Fsp3) is 0.158. The number of para-hydroxylation sites is 1. The van der Waals surface area contributed by atoms with Crippen LogP contribution in [0.25, 0.3) is 21.5 Å². The van der Waals surface area contributed by atoms with Crippen molar-refractivity contribution in [3.63, 3.8) is 0 Å². The minimum absolute atomic E-state index is 0.165. The summed E-state index contributed by atoms with van der Waals surface area (Å²) in [5.41, 5.74) is 6.64. The first-order valence-corrected chi connectivity index (χ1v) is 9.33. The lowest BCUT2D eigenvalue weighted by atomic mass is 10.1. The minimum atomic E-state index is -0.617. The second-order valence-electron chi connectivity index (χ2n) is 6.15. The maximum Gasteiger partial charge on any atom is 0.270 e. The Morgan fingerprint density at radius 3 is 2.74 bits per heavy atom. The molecule has 0 unspecified atom stereocenters. The maximum atomic E-state index is 12.7. The Labute approximate surface area is 158 Å². The maximum absolute atomic E-state index is 12.7. The van der Waals surface area contributed by atoms with Crippen LogP contribution in [0.1, 0.15) is 23.2 Å². The molecule has 136 valence electrons. The van der Waals surface area contributed by atoms with Crippen molar-refractivity contribution in [3.05, 3.63) is 53.4 Å². The molecule has 3 aromatic rings. The number of nitrogens with one attached hydrogen (secondary N) is 3. The molecule has 3 N–H and O–H groups in total. The van der Waals surface area contributed by atoms with Gasteiger partial charge in [-0.25, -0.2) is 4.98 Å². The van der Waals surface area contributed by atoms with E-state index in [0.717, 1.165) is 4.88 Å². The smallest absolute Gasteiger partial charge is 0.270 e. The van der Waals surface area contributed by atoms with Crippen LogP contribution in [-0.4, -0.2) is 28.7 Å². The molecule has 1 aliphatic rings. The second kappa shape index (κ2) is 7.16. The number of hydrogen-bond acceptors (Lipinski definition) is 5. The topological polar surface area (TPSA) is 100 Å². The average Bonchev–Trinajstić information content (AvgIpc) is 3.37. The molecule has 1 atom stereocenters. The molecule has 0 saturated carbocycles. The van der Waals surface area contributed by atoms with E-state index in [1.165, 1.54) is 11.3 Å². The number of hydrogen-bond donors (Lipinski definition) is 3. The van der Waals surface area contributed by atoms with Crippen LogP contribution in [0.5, 0.6) is 0 Å². The Kier molecular flexibility index (Phi) is 4.55. The second-order valence-corrected chi connectivity index (χ2v) is 7.10. The van der Waals surface area contributed by atoms with Crippen molar-refractivity contribution in [2.45, 2.75) is 18.9 Å². The van der Waals surface area contributed by atoms with Gasteiger partial charge in [0.1, 0.15) is 6.04 Å². The van der Waals surface area contributed by atoms with E-state index in [1.807, 2.05) is 41.8 Å². The number of rotatable bonds is 3. The molecule has 0 spiro atoms.